The van der Waals surface area contributed by atoms with E-state index in [1.165, 1.54) is 0 Å². The van der Waals surface area contributed by atoms with Crippen molar-refractivity contribution in [1.29, 1.82) is 0 Å². The summed E-state index contributed by atoms with van der Waals surface area (Å²) < 4.78 is 11.1. The van der Waals surface area contributed by atoms with Gasteiger partial charge in [0, 0.05) is 10.9 Å². The van der Waals surface area contributed by atoms with Crippen molar-refractivity contribution in [3.63, 3.8) is 0 Å². The van der Waals surface area contributed by atoms with Gasteiger partial charge in [-0.05, 0) is 23.8 Å². The highest BCUT2D eigenvalue weighted by Gasteiger charge is 2.09. The quantitative estimate of drug-likeness (QED) is 0.849. The van der Waals surface area contributed by atoms with E-state index in [0.717, 1.165) is 22.6 Å². The Labute approximate surface area is 120 Å². The summed E-state index contributed by atoms with van der Waals surface area (Å²) in [5, 5.41) is 9.94. The SMILES string of the molecule is COc1cccc(CBr)c1OCc1ccc(O)cc1. The van der Waals surface area contributed by atoms with Crippen molar-refractivity contribution in [2.45, 2.75) is 11.9 Å². The molecule has 4 heteroatoms. The summed E-state index contributed by atoms with van der Waals surface area (Å²) in [6, 6.07) is 12.8. The molecule has 2 rings (SSSR count). The number of benzene rings is 2. The molecule has 3 nitrogen and oxygen atoms in total. The Bertz CT molecular complexity index is 515. The second kappa shape index (κ2) is 6.48. The molecule has 0 saturated carbocycles. The summed E-state index contributed by atoms with van der Waals surface area (Å²) >= 11 is 3.44. The van der Waals surface area contributed by atoms with E-state index in [4.69, 9.17) is 9.47 Å². The smallest absolute Gasteiger partial charge is 0.165 e. The lowest BCUT2D eigenvalue weighted by Crippen LogP contribution is -2.00. The molecule has 2 aromatic carbocycles. The Morgan fingerprint density at radius 3 is 2.47 bits per heavy atom. The third-order valence-electron chi connectivity index (χ3n) is 2.74. The average molecular weight is 323 g/mol. The molecule has 19 heavy (non-hydrogen) atoms. The molecule has 2 aromatic rings. The molecule has 0 radical (unpaired) electrons. The lowest BCUT2D eigenvalue weighted by atomic mass is 10.2. The second-order valence-corrected chi connectivity index (χ2v) is 4.60. The molecule has 1 N–H and O–H groups in total. The monoisotopic (exact) mass is 322 g/mol. The van der Waals surface area contributed by atoms with Crippen LogP contribution in [0.5, 0.6) is 17.2 Å². The molecule has 0 aliphatic rings. The van der Waals surface area contributed by atoms with Crippen molar-refractivity contribution in [2.75, 3.05) is 7.11 Å². The Morgan fingerprint density at radius 1 is 1.11 bits per heavy atom. The first kappa shape index (κ1) is 13.7. The average Bonchev–Trinajstić information content (AvgIpc) is 2.46. The fourth-order valence-electron chi connectivity index (χ4n) is 1.74. The predicted molar refractivity (Wildman–Crippen MR) is 78.1 cm³/mol. The van der Waals surface area contributed by atoms with Gasteiger partial charge in [-0.15, -0.1) is 0 Å². The number of ether oxygens (including phenoxy) is 2. The van der Waals surface area contributed by atoms with E-state index in [2.05, 4.69) is 15.9 Å². The first-order valence-electron chi connectivity index (χ1n) is 5.87. The van der Waals surface area contributed by atoms with Gasteiger partial charge in [0.1, 0.15) is 12.4 Å². The van der Waals surface area contributed by atoms with Crippen LogP contribution in [0, 0.1) is 0 Å². The number of aromatic hydroxyl groups is 1. The number of rotatable bonds is 5. The number of hydrogen-bond donors (Lipinski definition) is 1. The van der Waals surface area contributed by atoms with Crippen LogP contribution in [0.3, 0.4) is 0 Å². The van der Waals surface area contributed by atoms with Crippen LogP contribution in [-0.2, 0) is 11.9 Å². The van der Waals surface area contributed by atoms with Crippen LogP contribution < -0.4 is 9.47 Å². The molecule has 0 heterocycles. The zero-order valence-corrected chi connectivity index (χ0v) is 12.2. The van der Waals surface area contributed by atoms with E-state index in [9.17, 15) is 5.11 Å². The summed E-state index contributed by atoms with van der Waals surface area (Å²) in [7, 11) is 1.63. The van der Waals surface area contributed by atoms with E-state index in [0.29, 0.717) is 11.9 Å². The summed E-state index contributed by atoms with van der Waals surface area (Å²) in [5.74, 6) is 1.72. The number of methoxy groups -OCH3 is 1. The predicted octanol–water partition coefficient (Wildman–Crippen LogP) is 3.87. The van der Waals surface area contributed by atoms with Crippen molar-refractivity contribution >= 4 is 15.9 Å². The van der Waals surface area contributed by atoms with E-state index in [1.54, 1.807) is 19.2 Å². The molecular weight excluding hydrogens is 308 g/mol. The second-order valence-electron chi connectivity index (χ2n) is 4.04. The van der Waals surface area contributed by atoms with E-state index >= 15 is 0 Å². The Balaban J connectivity index is 2.16. The normalized spacial score (nSPS) is 10.2. The van der Waals surface area contributed by atoms with E-state index < -0.39 is 0 Å². The summed E-state index contributed by atoms with van der Waals surface area (Å²) in [5.41, 5.74) is 2.03. The third kappa shape index (κ3) is 3.41. The lowest BCUT2D eigenvalue weighted by Gasteiger charge is -2.14. The number of phenols is 1. The maximum absolute atomic E-state index is 9.24. The number of para-hydroxylation sites is 1. The zero-order chi connectivity index (χ0) is 13.7. The van der Waals surface area contributed by atoms with Gasteiger partial charge >= 0.3 is 0 Å². The van der Waals surface area contributed by atoms with Crippen LogP contribution in [0.25, 0.3) is 0 Å². The maximum Gasteiger partial charge on any atom is 0.165 e. The highest BCUT2D eigenvalue weighted by atomic mass is 79.9. The molecule has 0 aliphatic heterocycles. The summed E-state index contributed by atoms with van der Waals surface area (Å²) in [4.78, 5) is 0. The van der Waals surface area contributed by atoms with E-state index in [1.807, 2.05) is 30.3 Å². The Hall–Kier alpha value is -1.68. The van der Waals surface area contributed by atoms with Crippen LogP contribution in [0.1, 0.15) is 11.1 Å². The molecule has 0 spiro atoms. The van der Waals surface area contributed by atoms with Crippen LogP contribution >= 0.6 is 15.9 Å². The molecule has 0 aromatic heterocycles. The standard InChI is InChI=1S/C15H15BrO3/c1-18-14-4-2-3-12(9-16)15(14)19-10-11-5-7-13(17)8-6-11/h2-8,17H,9-10H2,1H3. The fourth-order valence-corrected chi connectivity index (χ4v) is 2.18. The number of hydrogen-bond acceptors (Lipinski definition) is 3. The van der Waals surface area contributed by atoms with Gasteiger partial charge in [-0.3, -0.25) is 0 Å². The van der Waals surface area contributed by atoms with Gasteiger partial charge in [-0.2, -0.15) is 0 Å². The minimum absolute atomic E-state index is 0.252. The molecule has 0 fully saturated rings. The van der Waals surface area contributed by atoms with E-state index in [-0.39, 0.29) is 5.75 Å². The minimum Gasteiger partial charge on any atom is -0.508 e. The van der Waals surface area contributed by atoms with Crippen LogP contribution in [0.4, 0.5) is 0 Å². The number of phenolic OH excluding ortho intramolecular Hbond substituents is 1. The van der Waals surface area contributed by atoms with Gasteiger partial charge in [0.05, 0.1) is 7.11 Å². The van der Waals surface area contributed by atoms with Crippen LogP contribution in [0.15, 0.2) is 42.5 Å². The topological polar surface area (TPSA) is 38.7 Å². The lowest BCUT2D eigenvalue weighted by molar-refractivity contribution is 0.282. The summed E-state index contributed by atoms with van der Waals surface area (Å²) in [6.45, 7) is 0.431. The van der Waals surface area contributed by atoms with Crippen LogP contribution in [-0.4, -0.2) is 12.2 Å². The van der Waals surface area contributed by atoms with Crippen molar-refractivity contribution < 1.29 is 14.6 Å². The molecular formula is C15H15BrO3. The van der Waals surface area contributed by atoms with Crippen molar-refractivity contribution in [3.05, 3.63) is 53.6 Å². The van der Waals surface area contributed by atoms with Gasteiger partial charge in [-0.25, -0.2) is 0 Å². The van der Waals surface area contributed by atoms with Crippen molar-refractivity contribution in [1.82, 2.24) is 0 Å². The fraction of sp³-hybridized carbons (Fsp3) is 0.200. The Morgan fingerprint density at radius 2 is 1.84 bits per heavy atom. The molecule has 0 aliphatic carbocycles. The largest absolute Gasteiger partial charge is 0.508 e. The molecule has 100 valence electrons. The molecule has 0 amide bonds. The van der Waals surface area contributed by atoms with Gasteiger partial charge in [0.2, 0.25) is 0 Å². The maximum atomic E-state index is 9.24. The van der Waals surface area contributed by atoms with Gasteiger partial charge < -0.3 is 14.6 Å². The van der Waals surface area contributed by atoms with Gasteiger partial charge in [0.15, 0.2) is 11.5 Å². The van der Waals surface area contributed by atoms with Gasteiger partial charge in [0.25, 0.3) is 0 Å². The van der Waals surface area contributed by atoms with Gasteiger partial charge in [-0.1, -0.05) is 40.2 Å². The minimum atomic E-state index is 0.252. The first-order valence-corrected chi connectivity index (χ1v) is 6.99. The molecule has 0 bridgehead atoms. The van der Waals surface area contributed by atoms with Crippen LogP contribution in [0.2, 0.25) is 0 Å². The third-order valence-corrected chi connectivity index (χ3v) is 3.35. The highest BCUT2D eigenvalue weighted by Crippen LogP contribution is 2.33. The highest BCUT2D eigenvalue weighted by molar-refractivity contribution is 9.08. The molecule has 0 saturated heterocycles. The first-order chi connectivity index (χ1) is 9.24. The Kier molecular flexibility index (Phi) is 4.68. The molecule has 0 unspecified atom stereocenters. The zero-order valence-electron chi connectivity index (χ0n) is 10.6. The molecule has 0 atom stereocenters. The van der Waals surface area contributed by atoms with Crippen molar-refractivity contribution in [3.8, 4) is 17.2 Å². The number of alkyl halides is 1. The summed E-state index contributed by atoms with van der Waals surface area (Å²) in [6.07, 6.45) is 0. The number of halogens is 1. The van der Waals surface area contributed by atoms with Crippen molar-refractivity contribution in [2.24, 2.45) is 0 Å².